The van der Waals surface area contributed by atoms with Crippen LogP contribution in [0.4, 0.5) is 0 Å². The topological polar surface area (TPSA) is 62.2 Å². The first-order valence-corrected chi connectivity index (χ1v) is 5.78. The average Bonchev–Trinajstić information content (AvgIpc) is 2.31. The van der Waals surface area contributed by atoms with Crippen LogP contribution in [0.2, 0.25) is 0 Å². The van der Waals surface area contributed by atoms with Crippen LogP contribution < -0.4 is 0 Å². The number of hydroxylamine groups is 2. The summed E-state index contributed by atoms with van der Waals surface area (Å²) in [7, 11) is 0. The zero-order chi connectivity index (χ0) is 12.1. The Balaban J connectivity index is 3.69. The second-order valence-electron chi connectivity index (χ2n) is 3.28. The molecular formula is C11H23NO4. The normalized spacial score (nSPS) is 11.2. The van der Waals surface area contributed by atoms with E-state index in [0.717, 1.165) is 12.8 Å². The molecule has 0 amide bonds. The Morgan fingerprint density at radius 3 is 2.19 bits per heavy atom. The van der Waals surface area contributed by atoms with Crippen molar-refractivity contribution in [1.29, 1.82) is 0 Å². The summed E-state index contributed by atoms with van der Waals surface area (Å²) in [6.07, 6.45) is 8.13. The van der Waals surface area contributed by atoms with E-state index in [9.17, 15) is 0 Å². The third-order valence-electron chi connectivity index (χ3n) is 1.82. The summed E-state index contributed by atoms with van der Waals surface area (Å²) in [5.74, 6) is 0. The van der Waals surface area contributed by atoms with E-state index in [4.69, 9.17) is 19.9 Å². The zero-order valence-corrected chi connectivity index (χ0v) is 9.97. The van der Waals surface area contributed by atoms with Crippen LogP contribution in [-0.4, -0.2) is 41.9 Å². The number of nitrogens with zero attached hydrogens (tertiary/aromatic N) is 1. The minimum absolute atomic E-state index is 0.0668. The van der Waals surface area contributed by atoms with Crippen molar-refractivity contribution in [3.63, 3.8) is 0 Å². The van der Waals surface area contributed by atoms with E-state index < -0.39 is 0 Å². The molecule has 5 nitrogen and oxygen atoms in total. The molecular weight excluding hydrogens is 210 g/mol. The highest BCUT2D eigenvalue weighted by Gasteiger charge is 1.98. The maximum absolute atomic E-state index is 8.60. The molecule has 0 fully saturated rings. The van der Waals surface area contributed by atoms with E-state index in [-0.39, 0.29) is 26.4 Å². The van der Waals surface area contributed by atoms with E-state index in [1.54, 1.807) is 6.20 Å². The quantitative estimate of drug-likeness (QED) is 0.415. The Labute approximate surface area is 97.2 Å². The molecule has 0 bridgehead atoms. The van der Waals surface area contributed by atoms with Crippen molar-refractivity contribution in [2.45, 2.75) is 32.6 Å². The largest absolute Gasteiger partial charge is 0.394 e. The zero-order valence-electron chi connectivity index (χ0n) is 9.97. The van der Waals surface area contributed by atoms with Crippen molar-refractivity contribution in [2.24, 2.45) is 0 Å². The van der Waals surface area contributed by atoms with Gasteiger partial charge in [-0.2, -0.15) is 0 Å². The van der Waals surface area contributed by atoms with Crippen molar-refractivity contribution in [3.05, 3.63) is 12.3 Å². The van der Waals surface area contributed by atoms with Gasteiger partial charge in [0.1, 0.15) is 13.2 Å². The Hall–Kier alpha value is -0.620. The van der Waals surface area contributed by atoms with Gasteiger partial charge in [-0.25, -0.2) is 9.68 Å². The van der Waals surface area contributed by atoms with Crippen LogP contribution in [0.25, 0.3) is 0 Å². The Morgan fingerprint density at radius 2 is 1.69 bits per heavy atom. The van der Waals surface area contributed by atoms with E-state index in [1.807, 2.05) is 6.08 Å². The van der Waals surface area contributed by atoms with Gasteiger partial charge in [-0.15, -0.1) is 5.23 Å². The van der Waals surface area contributed by atoms with Gasteiger partial charge in [0.25, 0.3) is 0 Å². The molecule has 0 rings (SSSR count). The molecule has 0 saturated carbocycles. The van der Waals surface area contributed by atoms with Crippen molar-refractivity contribution in [3.8, 4) is 0 Å². The first kappa shape index (κ1) is 15.4. The number of rotatable bonds is 11. The van der Waals surface area contributed by atoms with Gasteiger partial charge < -0.3 is 10.2 Å². The molecule has 0 aliphatic rings. The second-order valence-corrected chi connectivity index (χ2v) is 3.28. The fourth-order valence-corrected chi connectivity index (χ4v) is 1.06. The first-order chi connectivity index (χ1) is 7.85. The van der Waals surface area contributed by atoms with Gasteiger partial charge in [0.15, 0.2) is 0 Å². The molecule has 0 aliphatic heterocycles. The Morgan fingerprint density at radius 1 is 1.06 bits per heavy atom. The van der Waals surface area contributed by atoms with E-state index in [1.165, 1.54) is 18.1 Å². The minimum atomic E-state index is -0.0668. The molecule has 0 radical (unpaired) electrons. The van der Waals surface area contributed by atoms with Crippen molar-refractivity contribution in [2.75, 3.05) is 26.4 Å². The summed E-state index contributed by atoms with van der Waals surface area (Å²) in [6, 6.07) is 0. The standard InChI is InChI=1S/C11H23NO4/c1-2-3-4-5-6-7-12(15-10-8-13)16-11-9-14/h6-7,13-14H,2-5,8-11H2,1H3. The molecule has 2 N–H and O–H groups in total. The van der Waals surface area contributed by atoms with Crippen LogP contribution in [0.1, 0.15) is 32.6 Å². The van der Waals surface area contributed by atoms with Gasteiger partial charge in [0.05, 0.1) is 19.4 Å². The van der Waals surface area contributed by atoms with Crippen molar-refractivity contribution >= 4 is 0 Å². The molecule has 0 aromatic heterocycles. The van der Waals surface area contributed by atoms with Gasteiger partial charge >= 0.3 is 0 Å². The number of aliphatic hydroxyl groups excluding tert-OH is 2. The van der Waals surface area contributed by atoms with Crippen LogP contribution in [0.5, 0.6) is 0 Å². The summed E-state index contributed by atoms with van der Waals surface area (Å²) in [4.78, 5) is 10.1. The highest BCUT2D eigenvalue weighted by molar-refractivity contribution is 4.76. The number of allylic oxidation sites excluding steroid dienone is 1. The summed E-state index contributed by atoms with van der Waals surface area (Å²) in [5.41, 5.74) is 0. The number of unbranched alkanes of at least 4 members (excludes halogenated alkanes) is 3. The van der Waals surface area contributed by atoms with Gasteiger partial charge in [-0.05, 0) is 12.8 Å². The number of hydrogen-bond acceptors (Lipinski definition) is 5. The summed E-state index contributed by atoms with van der Waals surface area (Å²) in [5, 5.41) is 18.4. The van der Waals surface area contributed by atoms with Gasteiger partial charge in [-0.1, -0.05) is 25.8 Å². The number of hydrogen-bond donors (Lipinski definition) is 2. The Kier molecular flexibility index (Phi) is 12.0. The number of aliphatic hydroxyl groups is 2. The minimum Gasteiger partial charge on any atom is -0.394 e. The second kappa shape index (κ2) is 12.4. The lowest BCUT2D eigenvalue weighted by Gasteiger charge is -2.17. The van der Waals surface area contributed by atoms with E-state index in [2.05, 4.69) is 6.92 Å². The molecule has 0 unspecified atom stereocenters. The maximum atomic E-state index is 8.60. The molecule has 5 heteroatoms. The molecule has 16 heavy (non-hydrogen) atoms. The first-order valence-electron chi connectivity index (χ1n) is 5.78. The molecule has 0 atom stereocenters. The van der Waals surface area contributed by atoms with Crippen LogP contribution in [0.15, 0.2) is 12.3 Å². The van der Waals surface area contributed by atoms with E-state index in [0.29, 0.717) is 0 Å². The predicted octanol–water partition coefficient (Wildman–Crippen LogP) is 1.23. The fourth-order valence-electron chi connectivity index (χ4n) is 1.06. The molecule has 0 aliphatic carbocycles. The summed E-state index contributed by atoms with van der Waals surface area (Å²) < 4.78 is 0. The average molecular weight is 233 g/mol. The molecule has 0 saturated heterocycles. The van der Waals surface area contributed by atoms with Gasteiger partial charge in [0, 0.05) is 0 Å². The highest BCUT2D eigenvalue weighted by Crippen LogP contribution is 2.01. The molecule has 0 spiro atoms. The Bertz CT molecular complexity index is 156. The lowest BCUT2D eigenvalue weighted by atomic mass is 10.2. The van der Waals surface area contributed by atoms with Crippen LogP contribution >= 0.6 is 0 Å². The highest BCUT2D eigenvalue weighted by atomic mass is 16.9. The van der Waals surface area contributed by atoms with Crippen molar-refractivity contribution < 1.29 is 19.9 Å². The smallest absolute Gasteiger partial charge is 0.101 e. The molecule has 0 heterocycles. The van der Waals surface area contributed by atoms with Crippen molar-refractivity contribution in [1.82, 2.24) is 5.23 Å². The van der Waals surface area contributed by atoms with Gasteiger partial charge in [0.2, 0.25) is 0 Å². The van der Waals surface area contributed by atoms with Crippen LogP contribution in [0, 0.1) is 0 Å². The SMILES string of the molecule is CCCCCC=CN(OCCO)OCCO. The molecule has 0 aromatic carbocycles. The summed E-state index contributed by atoms with van der Waals surface area (Å²) in [6.45, 7) is 2.37. The van der Waals surface area contributed by atoms with Gasteiger partial charge in [-0.3, -0.25) is 0 Å². The summed E-state index contributed by atoms with van der Waals surface area (Å²) >= 11 is 0. The van der Waals surface area contributed by atoms with E-state index >= 15 is 0 Å². The predicted molar refractivity (Wildman–Crippen MR) is 61.2 cm³/mol. The molecule has 0 aromatic rings. The van der Waals surface area contributed by atoms with Crippen LogP contribution in [0.3, 0.4) is 0 Å². The fraction of sp³-hybridized carbons (Fsp3) is 0.818. The van der Waals surface area contributed by atoms with Crippen LogP contribution in [-0.2, 0) is 9.68 Å². The lowest BCUT2D eigenvalue weighted by Crippen LogP contribution is -2.22. The third-order valence-corrected chi connectivity index (χ3v) is 1.82. The monoisotopic (exact) mass is 233 g/mol. The molecule has 96 valence electrons. The third kappa shape index (κ3) is 9.92. The maximum Gasteiger partial charge on any atom is 0.101 e. The lowest BCUT2D eigenvalue weighted by molar-refractivity contribution is -0.339.